The van der Waals surface area contributed by atoms with Crippen molar-refractivity contribution in [3.63, 3.8) is 0 Å². The number of morpholine rings is 1. The zero-order valence-electron chi connectivity index (χ0n) is 11.0. The monoisotopic (exact) mass is 260 g/mol. The maximum absolute atomic E-state index is 12.5. The summed E-state index contributed by atoms with van der Waals surface area (Å²) in [6.07, 6.45) is 0.0879. The van der Waals surface area contributed by atoms with E-state index in [1.807, 2.05) is 38.1 Å². The maximum atomic E-state index is 12.5. The number of para-hydroxylation sites is 1. The largest absolute Gasteiger partial charge is 0.372 e. The summed E-state index contributed by atoms with van der Waals surface area (Å²) in [6.45, 7) is 5.10. The topological polar surface area (TPSA) is 60.2 Å². The number of carbonyl (C=O) groups excluding carboxylic acids is 1. The molecule has 0 spiro atoms. The van der Waals surface area contributed by atoms with Gasteiger partial charge in [-0.25, -0.2) is 4.79 Å². The summed E-state index contributed by atoms with van der Waals surface area (Å²) in [7, 11) is 0. The molecule has 3 rings (SSSR count). The summed E-state index contributed by atoms with van der Waals surface area (Å²) in [5, 5.41) is 7.96. The summed E-state index contributed by atoms with van der Waals surface area (Å²) in [4.78, 5) is 14.3. The minimum Gasteiger partial charge on any atom is -0.372 e. The zero-order chi connectivity index (χ0) is 13.4. The fourth-order valence-corrected chi connectivity index (χ4v) is 2.48. The summed E-state index contributed by atoms with van der Waals surface area (Å²) in [5.74, 6) is 0. The van der Waals surface area contributed by atoms with Gasteiger partial charge in [0.25, 0.3) is 0 Å². The van der Waals surface area contributed by atoms with Gasteiger partial charge in [-0.2, -0.15) is 4.68 Å². The van der Waals surface area contributed by atoms with Gasteiger partial charge in [0.1, 0.15) is 5.52 Å². The lowest BCUT2D eigenvalue weighted by atomic mass is 10.2. The van der Waals surface area contributed by atoms with Crippen molar-refractivity contribution in [2.75, 3.05) is 13.1 Å². The summed E-state index contributed by atoms with van der Waals surface area (Å²) in [5.41, 5.74) is 1.46. The van der Waals surface area contributed by atoms with Crippen molar-refractivity contribution in [3.05, 3.63) is 24.3 Å². The molecule has 0 N–H and O–H groups in total. The lowest BCUT2D eigenvalue weighted by Gasteiger charge is -2.34. The predicted molar refractivity (Wildman–Crippen MR) is 69.9 cm³/mol. The first kappa shape index (κ1) is 12.1. The molecule has 6 heteroatoms. The highest BCUT2D eigenvalue weighted by molar-refractivity contribution is 5.87. The molecule has 1 saturated heterocycles. The highest BCUT2D eigenvalue weighted by atomic mass is 16.5. The number of hydrogen-bond donors (Lipinski definition) is 0. The molecule has 0 bridgehead atoms. The van der Waals surface area contributed by atoms with Crippen LogP contribution in [0.1, 0.15) is 13.8 Å². The second-order valence-corrected chi connectivity index (χ2v) is 4.93. The zero-order valence-corrected chi connectivity index (χ0v) is 11.0. The standard InChI is InChI=1S/C13H16N4O2/c1-9-7-16(8-10(2)19-9)13(18)17-12-6-4-3-5-11(12)14-15-17/h3-6,9-10H,7-8H2,1-2H3/t9-,10-/m1/s1. The van der Waals surface area contributed by atoms with E-state index in [4.69, 9.17) is 4.74 Å². The fraction of sp³-hybridized carbons (Fsp3) is 0.462. The average molecular weight is 260 g/mol. The van der Waals surface area contributed by atoms with Gasteiger partial charge >= 0.3 is 6.03 Å². The van der Waals surface area contributed by atoms with Gasteiger partial charge in [-0.1, -0.05) is 17.3 Å². The van der Waals surface area contributed by atoms with Crippen molar-refractivity contribution in [2.24, 2.45) is 0 Å². The molecule has 2 atom stereocenters. The third-order valence-electron chi connectivity index (χ3n) is 3.22. The van der Waals surface area contributed by atoms with Crippen LogP contribution >= 0.6 is 0 Å². The number of benzene rings is 1. The number of carbonyl (C=O) groups is 1. The number of nitrogens with zero attached hydrogens (tertiary/aromatic N) is 4. The minimum absolute atomic E-state index is 0.0440. The molecule has 1 aromatic heterocycles. The van der Waals surface area contributed by atoms with Crippen LogP contribution in [0.5, 0.6) is 0 Å². The van der Waals surface area contributed by atoms with Crippen LogP contribution in [-0.4, -0.2) is 51.2 Å². The Hall–Kier alpha value is -1.95. The van der Waals surface area contributed by atoms with Crippen LogP contribution in [0.15, 0.2) is 24.3 Å². The molecule has 2 aromatic rings. The first-order valence-electron chi connectivity index (χ1n) is 6.40. The SMILES string of the molecule is C[C@@H]1CN(C(=O)n2nnc3ccccc32)C[C@@H](C)O1. The Morgan fingerprint density at radius 1 is 1.26 bits per heavy atom. The van der Waals surface area contributed by atoms with Crippen LogP contribution < -0.4 is 0 Å². The van der Waals surface area contributed by atoms with Crippen molar-refractivity contribution in [1.29, 1.82) is 0 Å². The third-order valence-corrected chi connectivity index (χ3v) is 3.22. The number of amides is 1. The van der Waals surface area contributed by atoms with E-state index < -0.39 is 0 Å². The van der Waals surface area contributed by atoms with Crippen LogP contribution in [0.2, 0.25) is 0 Å². The molecule has 1 aliphatic heterocycles. The van der Waals surface area contributed by atoms with E-state index in [1.54, 1.807) is 4.90 Å². The van der Waals surface area contributed by atoms with Crippen molar-refractivity contribution in [2.45, 2.75) is 26.1 Å². The quantitative estimate of drug-likeness (QED) is 0.720. The predicted octanol–water partition coefficient (Wildman–Crippen LogP) is 1.51. The van der Waals surface area contributed by atoms with E-state index in [0.717, 1.165) is 11.0 Å². The molecule has 1 fully saturated rings. The van der Waals surface area contributed by atoms with E-state index in [1.165, 1.54) is 4.68 Å². The third kappa shape index (κ3) is 2.19. The van der Waals surface area contributed by atoms with Crippen molar-refractivity contribution < 1.29 is 9.53 Å². The normalized spacial score (nSPS) is 23.8. The number of aromatic nitrogens is 3. The second-order valence-electron chi connectivity index (χ2n) is 4.93. The van der Waals surface area contributed by atoms with E-state index >= 15 is 0 Å². The van der Waals surface area contributed by atoms with E-state index in [9.17, 15) is 4.79 Å². The van der Waals surface area contributed by atoms with Gasteiger partial charge in [0, 0.05) is 13.1 Å². The number of ether oxygens (including phenoxy) is 1. The smallest absolute Gasteiger partial charge is 0.346 e. The van der Waals surface area contributed by atoms with Gasteiger partial charge in [0.2, 0.25) is 0 Å². The minimum atomic E-state index is -0.143. The van der Waals surface area contributed by atoms with Gasteiger partial charge < -0.3 is 9.64 Å². The van der Waals surface area contributed by atoms with Gasteiger partial charge in [0.15, 0.2) is 0 Å². The first-order valence-corrected chi connectivity index (χ1v) is 6.40. The van der Waals surface area contributed by atoms with E-state index in [0.29, 0.717) is 13.1 Å². The van der Waals surface area contributed by atoms with E-state index in [-0.39, 0.29) is 18.2 Å². The average Bonchev–Trinajstić information content (AvgIpc) is 2.80. The van der Waals surface area contributed by atoms with Crippen molar-refractivity contribution >= 4 is 17.1 Å². The lowest BCUT2D eigenvalue weighted by molar-refractivity contribution is -0.0546. The number of fused-ring (bicyclic) bond motifs is 1. The molecule has 0 unspecified atom stereocenters. The maximum Gasteiger partial charge on any atom is 0.346 e. The summed E-state index contributed by atoms with van der Waals surface area (Å²) in [6, 6.07) is 7.30. The van der Waals surface area contributed by atoms with Crippen LogP contribution in [0, 0.1) is 0 Å². The van der Waals surface area contributed by atoms with Crippen LogP contribution in [-0.2, 0) is 4.74 Å². The molecule has 0 radical (unpaired) electrons. The van der Waals surface area contributed by atoms with Gasteiger partial charge in [-0.05, 0) is 26.0 Å². The van der Waals surface area contributed by atoms with Gasteiger partial charge in [-0.15, -0.1) is 5.10 Å². The fourth-order valence-electron chi connectivity index (χ4n) is 2.48. The summed E-state index contributed by atoms with van der Waals surface area (Å²) < 4.78 is 6.99. The summed E-state index contributed by atoms with van der Waals surface area (Å²) >= 11 is 0. The Bertz CT molecular complexity index is 599. The number of rotatable bonds is 0. The molecule has 2 heterocycles. The van der Waals surface area contributed by atoms with E-state index in [2.05, 4.69) is 10.3 Å². The molecular formula is C13H16N4O2. The van der Waals surface area contributed by atoms with Crippen LogP contribution in [0.25, 0.3) is 11.0 Å². The Balaban J connectivity index is 1.91. The first-order chi connectivity index (χ1) is 9.15. The second kappa shape index (κ2) is 4.62. The Kier molecular flexibility index (Phi) is 2.94. The van der Waals surface area contributed by atoms with Crippen LogP contribution in [0.3, 0.4) is 0 Å². The molecule has 19 heavy (non-hydrogen) atoms. The van der Waals surface area contributed by atoms with Crippen LogP contribution in [0.4, 0.5) is 4.79 Å². The Morgan fingerprint density at radius 3 is 2.68 bits per heavy atom. The lowest BCUT2D eigenvalue weighted by Crippen LogP contribution is -2.49. The van der Waals surface area contributed by atoms with Gasteiger partial charge in [-0.3, -0.25) is 0 Å². The number of hydrogen-bond acceptors (Lipinski definition) is 4. The van der Waals surface area contributed by atoms with Gasteiger partial charge in [0.05, 0.1) is 17.7 Å². The van der Waals surface area contributed by atoms with Crippen molar-refractivity contribution in [1.82, 2.24) is 19.9 Å². The molecule has 1 amide bonds. The molecule has 1 aromatic carbocycles. The van der Waals surface area contributed by atoms with Crippen molar-refractivity contribution in [3.8, 4) is 0 Å². The highest BCUT2D eigenvalue weighted by Crippen LogP contribution is 2.15. The molecule has 0 saturated carbocycles. The highest BCUT2D eigenvalue weighted by Gasteiger charge is 2.28. The Morgan fingerprint density at radius 2 is 1.95 bits per heavy atom. The molecule has 1 aliphatic rings. The molecule has 0 aliphatic carbocycles. The molecule has 100 valence electrons. The Labute approximate surface area is 110 Å². The molecular weight excluding hydrogens is 244 g/mol. The molecule has 6 nitrogen and oxygen atoms in total.